The maximum absolute atomic E-state index is 13.3. The lowest BCUT2D eigenvalue weighted by Gasteiger charge is -2.24. The summed E-state index contributed by atoms with van der Waals surface area (Å²) in [5, 5.41) is 5.91. The van der Waals surface area contributed by atoms with Gasteiger partial charge in [0.15, 0.2) is 0 Å². The maximum atomic E-state index is 13.3. The Kier molecular flexibility index (Phi) is 6.49. The molecule has 0 aliphatic carbocycles. The molecule has 0 radical (unpaired) electrons. The van der Waals surface area contributed by atoms with E-state index in [0.29, 0.717) is 17.7 Å². The number of benzene rings is 1. The van der Waals surface area contributed by atoms with Crippen LogP contribution >= 0.6 is 0 Å². The minimum Gasteiger partial charge on any atom is -0.381 e. The molecule has 0 spiro atoms. The summed E-state index contributed by atoms with van der Waals surface area (Å²) in [5.41, 5.74) is 4.77. The first-order valence-electron chi connectivity index (χ1n) is 11.9. The van der Waals surface area contributed by atoms with Crippen LogP contribution in [0.15, 0.2) is 60.7 Å². The number of hydrogen-bond acceptors (Lipinski definition) is 5. The number of aromatic nitrogens is 2. The average molecular weight is 494 g/mol. The minimum atomic E-state index is -4.55. The molecule has 1 aromatic carbocycles. The third-order valence-corrected chi connectivity index (χ3v) is 6.54. The zero-order chi connectivity index (χ0) is 25.3. The van der Waals surface area contributed by atoms with Crippen LogP contribution in [0.3, 0.4) is 0 Å². The Labute approximate surface area is 207 Å². The quantitative estimate of drug-likeness (QED) is 0.485. The highest BCUT2D eigenvalue weighted by atomic mass is 19.4. The molecule has 2 N–H and O–H groups in total. The summed E-state index contributed by atoms with van der Waals surface area (Å²) in [6.45, 7) is 5.34. The number of alkyl halides is 3. The van der Waals surface area contributed by atoms with Crippen LogP contribution in [0.1, 0.15) is 36.5 Å². The summed E-state index contributed by atoms with van der Waals surface area (Å²) < 4.78 is 39.3. The fourth-order valence-corrected chi connectivity index (χ4v) is 4.73. The second-order valence-electron chi connectivity index (χ2n) is 9.25. The second kappa shape index (κ2) is 9.73. The summed E-state index contributed by atoms with van der Waals surface area (Å²) in [6.07, 6.45) is 3.52. The van der Waals surface area contributed by atoms with Crippen molar-refractivity contribution in [3.63, 3.8) is 0 Å². The zero-order valence-electron chi connectivity index (χ0n) is 19.8. The fourth-order valence-electron chi connectivity index (χ4n) is 4.73. The first-order chi connectivity index (χ1) is 17.3. The lowest BCUT2D eigenvalue weighted by atomic mass is 9.91. The summed E-state index contributed by atoms with van der Waals surface area (Å²) >= 11 is 0. The molecule has 9 heteroatoms. The number of fused-ring (bicyclic) bond motifs is 1. The first-order valence-corrected chi connectivity index (χ1v) is 11.9. The topological polar surface area (TPSA) is 70.2 Å². The van der Waals surface area contributed by atoms with Crippen molar-refractivity contribution < 1.29 is 18.0 Å². The van der Waals surface area contributed by atoms with Crippen molar-refractivity contribution in [2.75, 3.05) is 30.3 Å². The van der Waals surface area contributed by atoms with Crippen molar-refractivity contribution in [3.8, 4) is 11.1 Å². The van der Waals surface area contributed by atoms with Crippen molar-refractivity contribution in [3.05, 3.63) is 77.4 Å². The SMILES string of the molecule is CC1=C(C(=O)Nc2cncc(C(F)(F)F)c2)c2cc(-c3cncc(CN4CCCC4)c3)ccc2NC1. The number of pyridine rings is 2. The standard InChI is InChI=1S/C27H26F3N5O/c1-17-11-33-24-5-4-19(20-8-18(12-31-13-20)16-35-6-2-3-7-35)9-23(24)25(17)26(36)34-22-10-21(14-32-15-22)27(28,29)30/h4-5,8-10,12-15,33H,2-3,6-7,11,16H2,1H3,(H,34,36). The van der Waals surface area contributed by atoms with Gasteiger partial charge < -0.3 is 10.6 Å². The van der Waals surface area contributed by atoms with E-state index in [4.69, 9.17) is 0 Å². The third-order valence-electron chi connectivity index (χ3n) is 6.54. The Morgan fingerprint density at radius 1 is 1.03 bits per heavy atom. The number of halogens is 3. The largest absolute Gasteiger partial charge is 0.417 e. The normalized spacial score (nSPS) is 16.0. The van der Waals surface area contributed by atoms with Crippen LogP contribution in [0.25, 0.3) is 16.7 Å². The Morgan fingerprint density at radius 3 is 2.58 bits per heavy atom. The molecule has 186 valence electrons. The number of carbonyl (C=O) groups excluding carboxylic acids is 1. The number of carbonyl (C=O) groups is 1. The van der Waals surface area contributed by atoms with Gasteiger partial charge >= 0.3 is 6.18 Å². The Bertz CT molecular complexity index is 1330. The maximum Gasteiger partial charge on any atom is 0.417 e. The van der Waals surface area contributed by atoms with Crippen LogP contribution in [-0.2, 0) is 17.5 Å². The molecule has 6 nitrogen and oxygen atoms in total. The lowest BCUT2D eigenvalue weighted by molar-refractivity contribution is -0.137. The van der Waals surface area contributed by atoms with Gasteiger partial charge in [-0.15, -0.1) is 0 Å². The Hall–Kier alpha value is -3.72. The Morgan fingerprint density at radius 2 is 1.81 bits per heavy atom. The molecule has 2 aliphatic rings. The van der Waals surface area contributed by atoms with E-state index in [1.165, 1.54) is 19.0 Å². The van der Waals surface area contributed by atoms with E-state index in [-0.39, 0.29) is 5.69 Å². The van der Waals surface area contributed by atoms with Gasteiger partial charge in [-0.2, -0.15) is 13.2 Å². The van der Waals surface area contributed by atoms with E-state index in [9.17, 15) is 18.0 Å². The van der Waals surface area contributed by atoms with Gasteiger partial charge in [0.2, 0.25) is 0 Å². The second-order valence-corrected chi connectivity index (χ2v) is 9.25. The van der Waals surface area contributed by atoms with E-state index in [2.05, 4.69) is 31.6 Å². The molecule has 1 fully saturated rings. The van der Waals surface area contributed by atoms with Crippen molar-refractivity contribution in [1.82, 2.24) is 14.9 Å². The summed E-state index contributed by atoms with van der Waals surface area (Å²) in [4.78, 5) is 23.8. The fraction of sp³-hybridized carbons (Fsp3) is 0.296. The highest BCUT2D eigenvalue weighted by Crippen LogP contribution is 2.36. The molecule has 5 rings (SSSR count). The predicted molar refractivity (Wildman–Crippen MR) is 133 cm³/mol. The van der Waals surface area contributed by atoms with Crippen LogP contribution in [0.4, 0.5) is 24.5 Å². The molecule has 3 aromatic rings. The summed E-state index contributed by atoms with van der Waals surface area (Å²) in [7, 11) is 0. The molecule has 4 heterocycles. The number of nitrogens with one attached hydrogen (secondary N) is 2. The van der Waals surface area contributed by atoms with Gasteiger partial charge in [0.05, 0.1) is 17.4 Å². The molecular weight excluding hydrogens is 467 g/mol. The van der Waals surface area contributed by atoms with E-state index in [0.717, 1.165) is 59.8 Å². The van der Waals surface area contributed by atoms with Gasteiger partial charge in [-0.3, -0.25) is 19.7 Å². The highest BCUT2D eigenvalue weighted by molar-refractivity contribution is 6.27. The predicted octanol–water partition coefficient (Wildman–Crippen LogP) is 5.60. The van der Waals surface area contributed by atoms with Crippen molar-refractivity contribution in [1.29, 1.82) is 0 Å². The van der Waals surface area contributed by atoms with Gasteiger partial charge in [0.1, 0.15) is 0 Å². The van der Waals surface area contributed by atoms with Gasteiger partial charge in [0.25, 0.3) is 5.91 Å². The molecule has 36 heavy (non-hydrogen) atoms. The van der Waals surface area contributed by atoms with Crippen LogP contribution in [0.5, 0.6) is 0 Å². The number of nitrogens with zero attached hydrogens (tertiary/aromatic N) is 3. The van der Waals surface area contributed by atoms with E-state index in [1.807, 2.05) is 31.3 Å². The van der Waals surface area contributed by atoms with Crippen LogP contribution < -0.4 is 10.6 Å². The lowest BCUT2D eigenvalue weighted by Crippen LogP contribution is -2.22. The molecular formula is C27H26F3N5O. The first kappa shape index (κ1) is 24.0. The number of amides is 1. The summed E-state index contributed by atoms with van der Waals surface area (Å²) in [6, 6.07) is 8.84. The molecule has 2 aromatic heterocycles. The monoisotopic (exact) mass is 493 g/mol. The van der Waals surface area contributed by atoms with E-state index in [1.54, 1.807) is 6.20 Å². The number of rotatable bonds is 5. The van der Waals surface area contributed by atoms with Crippen molar-refractivity contribution in [2.24, 2.45) is 0 Å². The van der Waals surface area contributed by atoms with Crippen LogP contribution in [0.2, 0.25) is 0 Å². The van der Waals surface area contributed by atoms with Gasteiger partial charge in [-0.25, -0.2) is 0 Å². The average Bonchev–Trinajstić information content (AvgIpc) is 3.36. The summed E-state index contributed by atoms with van der Waals surface area (Å²) in [5.74, 6) is -0.477. The van der Waals surface area contributed by atoms with Crippen LogP contribution in [-0.4, -0.2) is 40.4 Å². The highest BCUT2D eigenvalue weighted by Gasteiger charge is 2.31. The third kappa shape index (κ3) is 5.11. The van der Waals surface area contributed by atoms with Gasteiger partial charge in [0, 0.05) is 54.1 Å². The number of anilines is 2. The van der Waals surface area contributed by atoms with Crippen molar-refractivity contribution in [2.45, 2.75) is 32.5 Å². The molecule has 0 saturated carbocycles. The Balaban J connectivity index is 1.43. The zero-order valence-corrected chi connectivity index (χ0v) is 19.8. The van der Waals surface area contributed by atoms with Gasteiger partial charge in [-0.1, -0.05) is 6.07 Å². The smallest absolute Gasteiger partial charge is 0.381 e. The molecule has 1 saturated heterocycles. The van der Waals surface area contributed by atoms with Crippen molar-refractivity contribution >= 4 is 22.9 Å². The molecule has 2 aliphatic heterocycles. The molecule has 1 amide bonds. The van der Waals surface area contributed by atoms with E-state index < -0.39 is 17.6 Å². The molecule has 0 unspecified atom stereocenters. The number of hydrogen-bond donors (Lipinski definition) is 2. The minimum absolute atomic E-state index is 0.00910. The number of likely N-dealkylation sites (tertiary alicyclic amines) is 1. The van der Waals surface area contributed by atoms with Crippen LogP contribution in [0, 0.1) is 0 Å². The van der Waals surface area contributed by atoms with Gasteiger partial charge in [-0.05, 0) is 73.8 Å². The molecule has 0 atom stereocenters. The molecule has 0 bridgehead atoms. The van der Waals surface area contributed by atoms with E-state index >= 15 is 0 Å².